The van der Waals surface area contributed by atoms with Crippen LogP contribution in [0, 0.1) is 6.92 Å². The first-order chi connectivity index (χ1) is 16.1. The van der Waals surface area contributed by atoms with Crippen LogP contribution in [0.1, 0.15) is 21.5 Å². The van der Waals surface area contributed by atoms with Crippen LogP contribution in [-0.4, -0.2) is 28.6 Å². The van der Waals surface area contributed by atoms with E-state index in [-0.39, 0.29) is 33.5 Å². The van der Waals surface area contributed by atoms with Crippen molar-refractivity contribution in [1.82, 2.24) is 0 Å². The van der Waals surface area contributed by atoms with Gasteiger partial charge in [-0.05, 0) is 48.4 Å². The largest absolute Gasteiger partial charge is 0.495 e. The summed E-state index contributed by atoms with van der Waals surface area (Å²) in [7, 11) is -1.30. The molecule has 0 heterocycles. The van der Waals surface area contributed by atoms with E-state index >= 15 is 0 Å². The highest BCUT2D eigenvalue weighted by atomic mass is 35.5. The number of benzene rings is 3. The second kappa shape index (κ2) is 10.7. The molecule has 0 unspecified atom stereocenters. The summed E-state index contributed by atoms with van der Waals surface area (Å²) in [5, 5.41) is 0.906. The Balaban J connectivity index is 1.85. The van der Waals surface area contributed by atoms with Crippen LogP contribution in [0.25, 0.3) is 0 Å². The number of halogens is 3. The number of nitrogens with one attached hydrogen (secondary N) is 1. The number of carbonyl (C=O) groups is 1. The Morgan fingerprint density at radius 3 is 2.24 bits per heavy atom. The van der Waals surface area contributed by atoms with Crippen LogP contribution in [0.2, 0.25) is 15.1 Å². The van der Waals surface area contributed by atoms with E-state index in [9.17, 15) is 13.2 Å². The second-order valence-corrected chi connectivity index (χ2v) is 9.97. The monoisotopic (exact) mass is 543 g/mol. The van der Waals surface area contributed by atoms with E-state index < -0.39 is 16.0 Å². The highest BCUT2D eigenvalue weighted by Crippen LogP contribution is 2.37. The van der Waals surface area contributed by atoms with Crippen molar-refractivity contribution in [3.63, 3.8) is 0 Å². The average molecular weight is 545 g/mol. The third-order valence-corrected chi connectivity index (χ3v) is 7.33. The van der Waals surface area contributed by atoms with E-state index in [1.165, 1.54) is 44.6 Å². The first-order valence-electron chi connectivity index (χ1n) is 9.71. The van der Waals surface area contributed by atoms with E-state index in [1.807, 2.05) is 0 Å². The zero-order valence-electron chi connectivity index (χ0n) is 18.3. The Labute approximate surface area is 212 Å². The van der Waals surface area contributed by atoms with Crippen LogP contribution >= 0.6 is 34.8 Å². The van der Waals surface area contributed by atoms with Gasteiger partial charge in [0.25, 0.3) is 10.0 Å². The van der Waals surface area contributed by atoms with E-state index in [2.05, 4.69) is 4.72 Å². The maximum Gasteiger partial charge on any atom is 0.338 e. The van der Waals surface area contributed by atoms with Gasteiger partial charge >= 0.3 is 5.97 Å². The van der Waals surface area contributed by atoms with Gasteiger partial charge in [-0.1, -0.05) is 46.9 Å². The summed E-state index contributed by atoms with van der Waals surface area (Å²) >= 11 is 18.0. The minimum absolute atomic E-state index is 0.0609. The van der Waals surface area contributed by atoms with Crippen molar-refractivity contribution < 1.29 is 27.4 Å². The SMILES string of the molecule is COc1cc(OC)c(NS(=O)(=O)c2cc(C(=O)OCc3ccc(Cl)c(Cl)c3)ccc2C)cc1Cl. The maximum atomic E-state index is 13.2. The molecule has 0 bridgehead atoms. The topological polar surface area (TPSA) is 90.9 Å². The summed E-state index contributed by atoms with van der Waals surface area (Å²) in [5.41, 5.74) is 1.23. The third kappa shape index (κ3) is 5.88. The average Bonchev–Trinajstić information content (AvgIpc) is 2.79. The predicted octanol–water partition coefficient (Wildman–Crippen LogP) is 6.13. The molecule has 0 fully saturated rings. The molecule has 0 saturated heterocycles. The van der Waals surface area contributed by atoms with Crippen LogP contribution in [0.5, 0.6) is 11.5 Å². The number of esters is 1. The van der Waals surface area contributed by atoms with Crippen molar-refractivity contribution in [3.05, 3.63) is 80.3 Å². The molecule has 0 spiro atoms. The van der Waals surface area contributed by atoms with Gasteiger partial charge in [0.05, 0.1) is 45.4 Å². The van der Waals surface area contributed by atoms with Crippen LogP contribution in [0.15, 0.2) is 53.4 Å². The second-order valence-electron chi connectivity index (χ2n) is 7.10. The molecule has 11 heteroatoms. The van der Waals surface area contributed by atoms with Crippen molar-refractivity contribution in [1.29, 1.82) is 0 Å². The summed E-state index contributed by atoms with van der Waals surface area (Å²) in [6.45, 7) is 1.54. The van der Waals surface area contributed by atoms with E-state index in [0.29, 0.717) is 26.9 Å². The number of anilines is 1. The van der Waals surface area contributed by atoms with Gasteiger partial charge in [0.2, 0.25) is 0 Å². The number of carbonyl (C=O) groups excluding carboxylic acids is 1. The number of hydrogen-bond donors (Lipinski definition) is 1. The molecule has 0 saturated carbocycles. The fourth-order valence-electron chi connectivity index (χ4n) is 3.02. The van der Waals surface area contributed by atoms with Gasteiger partial charge in [-0.15, -0.1) is 0 Å². The number of hydrogen-bond acceptors (Lipinski definition) is 6. The fourth-order valence-corrected chi connectivity index (χ4v) is 4.91. The van der Waals surface area contributed by atoms with Crippen molar-refractivity contribution in [2.24, 2.45) is 0 Å². The Kier molecular flexibility index (Phi) is 8.20. The molecule has 180 valence electrons. The highest BCUT2D eigenvalue weighted by Gasteiger charge is 2.22. The molecule has 0 amide bonds. The van der Waals surface area contributed by atoms with Crippen molar-refractivity contribution in [2.75, 3.05) is 18.9 Å². The quantitative estimate of drug-likeness (QED) is 0.343. The lowest BCUT2D eigenvalue weighted by atomic mass is 10.1. The summed E-state index contributed by atoms with van der Waals surface area (Å²) in [6.07, 6.45) is 0. The molecule has 0 aromatic heterocycles. The lowest BCUT2D eigenvalue weighted by Crippen LogP contribution is -2.16. The Morgan fingerprint density at radius 1 is 0.882 bits per heavy atom. The highest BCUT2D eigenvalue weighted by molar-refractivity contribution is 7.92. The Hall–Kier alpha value is -2.65. The van der Waals surface area contributed by atoms with Gasteiger partial charge in [-0.3, -0.25) is 4.72 Å². The van der Waals surface area contributed by atoms with Gasteiger partial charge in [0.15, 0.2) is 0 Å². The van der Waals surface area contributed by atoms with Crippen molar-refractivity contribution in [2.45, 2.75) is 18.4 Å². The zero-order valence-corrected chi connectivity index (χ0v) is 21.4. The lowest BCUT2D eigenvalue weighted by molar-refractivity contribution is 0.0472. The Morgan fingerprint density at radius 2 is 1.59 bits per heavy atom. The standard InChI is InChI=1S/C23H20Cl3NO6S/c1-13-4-6-15(23(28)33-12-14-5-7-16(24)17(25)8-14)9-22(13)34(29,30)27-19-10-18(26)20(31-2)11-21(19)32-3/h4-11,27H,12H2,1-3H3. The molecule has 0 aliphatic heterocycles. The van der Waals surface area contributed by atoms with Gasteiger partial charge in [0.1, 0.15) is 18.1 Å². The molecule has 3 rings (SSSR count). The number of aryl methyl sites for hydroxylation is 1. The maximum absolute atomic E-state index is 13.2. The van der Waals surface area contributed by atoms with Crippen LogP contribution in [0.4, 0.5) is 5.69 Å². The van der Waals surface area contributed by atoms with E-state index in [4.69, 9.17) is 49.0 Å². The number of methoxy groups -OCH3 is 2. The molecule has 34 heavy (non-hydrogen) atoms. The third-order valence-electron chi connectivity index (χ3n) is 4.79. The first kappa shape index (κ1) is 26.0. The summed E-state index contributed by atoms with van der Waals surface area (Å²) in [6, 6.07) is 11.9. The first-order valence-corrected chi connectivity index (χ1v) is 12.3. The molecule has 0 aliphatic carbocycles. The van der Waals surface area contributed by atoms with Crippen LogP contribution in [0.3, 0.4) is 0 Å². The molecule has 0 aliphatic rings. The lowest BCUT2D eigenvalue weighted by Gasteiger charge is -2.15. The molecule has 3 aromatic rings. The molecule has 0 radical (unpaired) electrons. The smallest absolute Gasteiger partial charge is 0.338 e. The number of rotatable bonds is 8. The van der Waals surface area contributed by atoms with Gasteiger partial charge < -0.3 is 14.2 Å². The minimum atomic E-state index is -4.12. The summed E-state index contributed by atoms with van der Waals surface area (Å²) in [4.78, 5) is 12.5. The summed E-state index contributed by atoms with van der Waals surface area (Å²) in [5.74, 6) is -0.170. The number of sulfonamides is 1. The predicted molar refractivity (Wildman–Crippen MR) is 132 cm³/mol. The summed E-state index contributed by atoms with van der Waals surface area (Å²) < 4.78 is 44.5. The van der Waals surface area contributed by atoms with Crippen LogP contribution in [-0.2, 0) is 21.4 Å². The van der Waals surface area contributed by atoms with Crippen molar-refractivity contribution >= 4 is 56.5 Å². The van der Waals surface area contributed by atoms with Gasteiger partial charge in [-0.25, -0.2) is 13.2 Å². The normalized spacial score (nSPS) is 11.1. The molecule has 7 nitrogen and oxygen atoms in total. The zero-order chi connectivity index (χ0) is 25.0. The van der Waals surface area contributed by atoms with Gasteiger partial charge in [0, 0.05) is 6.07 Å². The molecule has 1 N–H and O–H groups in total. The Bertz CT molecular complexity index is 1340. The molecule has 3 aromatic carbocycles. The number of ether oxygens (including phenoxy) is 3. The van der Waals surface area contributed by atoms with Crippen LogP contribution < -0.4 is 14.2 Å². The molecular weight excluding hydrogens is 525 g/mol. The van der Waals surface area contributed by atoms with Crippen molar-refractivity contribution in [3.8, 4) is 11.5 Å². The van der Waals surface area contributed by atoms with E-state index in [0.717, 1.165) is 0 Å². The molecule has 0 atom stereocenters. The molecular formula is C23H20Cl3NO6S. The minimum Gasteiger partial charge on any atom is -0.495 e. The van der Waals surface area contributed by atoms with E-state index in [1.54, 1.807) is 25.1 Å². The van der Waals surface area contributed by atoms with Gasteiger partial charge in [-0.2, -0.15) is 0 Å². The fraction of sp³-hybridized carbons (Fsp3) is 0.174.